The van der Waals surface area contributed by atoms with Crippen LogP contribution in [-0.2, 0) is 13.1 Å². The van der Waals surface area contributed by atoms with E-state index in [9.17, 15) is 4.79 Å². The lowest BCUT2D eigenvalue weighted by Crippen LogP contribution is -2.51. The van der Waals surface area contributed by atoms with Gasteiger partial charge in [-0.15, -0.1) is 11.3 Å². The highest BCUT2D eigenvalue weighted by atomic mass is 32.1. The van der Waals surface area contributed by atoms with Gasteiger partial charge in [-0.25, -0.2) is 4.79 Å². The predicted octanol–water partition coefficient (Wildman–Crippen LogP) is 3.08. The first-order valence-corrected chi connectivity index (χ1v) is 8.92. The molecular weight excluding hydrogens is 306 g/mol. The highest BCUT2D eigenvalue weighted by molar-refractivity contribution is 7.09. The molecule has 1 aromatic carbocycles. The number of thiophene rings is 1. The number of piperazine rings is 1. The molecule has 1 aliphatic heterocycles. The van der Waals surface area contributed by atoms with Gasteiger partial charge in [0.2, 0.25) is 0 Å². The number of hydrogen-bond acceptors (Lipinski definition) is 3. The summed E-state index contributed by atoms with van der Waals surface area (Å²) in [6, 6.07) is 12.6. The van der Waals surface area contributed by atoms with Gasteiger partial charge in [0.15, 0.2) is 0 Å². The summed E-state index contributed by atoms with van der Waals surface area (Å²) in [5, 5.41) is 5.13. The molecule has 0 unspecified atom stereocenters. The Morgan fingerprint density at radius 2 is 1.87 bits per heavy atom. The van der Waals surface area contributed by atoms with Crippen LogP contribution in [-0.4, -0.2) is 42.0 Å². The predicted molar refractivity (Wildman–Crippen MR) is 94.6 cm³/mol. The normalized spacial score (nSPS) is 15.6. The zero-order valence-electron chi connectivity index (χ0n) is 13.5. The first kappa shape index (κ1) is 16.0. The molecule has 0 spiro atoms. The van der Waals surface area contributed by atoms with Crippen molar-refractivity contribution in [2.24, 2.45) is 0 Å². The van der Waals surface area contributed by atoms with E-state index in [1.165, 1.54) is 10.4 Å². The first-order chi connectivity index (χ1) is 11.2. The molecule has 3 rings (SSSR count). The molecule has 2 amide bonds. The van der Waals surface area contributed by atoms with Gasteiger partial charge in [-0.3, -0.25) is 4.90 Å². The molecule has 1 aromatic heterocycles. The second-order valence-electron chi connectivity index (χ2n) is 5.99. The van der Waals surface area contributed by atoms with E-state index in [1.807, 2.05) is 4.90 Å². The zero-order valence-corrected chi connectivity index (χ0v) is 14.3. The standard InChI is InChI=1S/C18H23N3OS/c1-15-4-6-16(7-5-15)13-19-18(22)21-10-8-20(9-11-21)14-17-3-2-12-23-17/h2-7,12H,8-11,13-14H2,1H3,(H,19,22). The average Bonchev–Trinajstić information content (AvgIpc) is 3.08. The van der Waals surface area contributed by atoms with Gasteiger partial charge in [0, 0.05) is 44.1 Å². The van der Waals surface area contributed by atoms with Crippen LogP contribution in [0.15, 0.2) is 41.8 Å². The third kappa shape index (κ3) is 4.56. The van der Waals surface area contributed by atoms with Crippen molar-refractivity contribution in [2.45, 2.75) is 20.0 Å². The van der Waals surface area contributed by atoms with Gasteiger partial charge >= 0.3 is 6.03 Å². The summed E-state index contributed by atoms with van der Waals surface area (Å²) in [4.78, 5) is 18.0. The number of nitrogens with one attached hydrogen (secondary N) is 1. The lowest BCUT2D eigenvalue weighted by molar-refractivity contribution is 0.135. The first-order valence-electron chi connectivity index (χ1n) is 8.04. The highest BCUT2D eigenvalue weighted by Gasteiger charge is 2.20. The SMILES string of the molecule is Cc1ccc(CNC(=O)N2CCN(Cc3cccs3)CC2)cc1. The number of benzene rings is 1. The van der Waals surface area contributed by atoms with Crippen LogP contribution >= 0.6 is 11.3 Å². The number of carbonyl (C=O) groups is 1. The highest BCUT2D eigenvalue weighted by Crippen LogP contribution is 2.13. The van der Waals surface area contributed by atoms with E-state index in [2.05, 4.69) is 58.9 Å². The molecule has 4 nitrogen and oxygen atoms in total. The van der Waals surface area contributed by atoms with Gasteiger partial charge in [-0.1, -0.05) is 35.9 Å². The van der Waals surface area contributed by atoms with Crippen LogP contribution in [0.5, 0.6) is 0 Å². The fourth-order valence-electron chi connectivity index (χ4n) is 2.73. The van der Waals surface area contributed by atoms with Gasteiger partial charge in [0.05, 0.1) is 0 Å². The Labute approximate surface area is 141 Å². The quantitative estimate of drug-likeness (QED) is 0.936. The number of aryl methyl sites for hydroxylation is 1. The van der Waals surface area contributed by atoms with Gasteiger partial charge in [0.1, 0.15) is 0 Å². The van der Waals surface area contributed by atoms with Gasteiger partial charge < -0.3 is 10.2 Å². The Balaban J connectivity index is 1.42. The van der Waals surface area contributed by atoms with Crippen molar-refractivity contribution in [3.8, 4) is 0 Å². The van der Waals surface area contributed by atoms with Gasteiger partial charge in [0.25, 0.3) is 0 Å². The molecule has 1 fully saturated rings. The van der Waals surface area contributed by atoms with Crippen molar-refractivity contribution >= 4 is 17.4 Å². The second-order valence-corrected chi connectivity index (χ2v) is 7.02. The smallest absolute Gasteiger partial charge is 0.317 e. The molecule has 0 radical (unpaired) electrons. The second kappa shape index (κ2) is 7.62. The molecular formula is C18H23N3OS. The maximum absolute atomic E-state index is 12.3. The zero-order chi connectivity index (χ0) is 16.1. The van der Waals surface area contributed by atoms with Crippen molar-refractivity contribution < 1.29 is 4.79 Å². The Hall–Kier alpha value is -1.85. The van der Waals surface area contributed by atoms with E-state index >= 15 is 0 Å². The Morgan fingerprint density at radius 1 is 1.13 bits per heavy atom. The summed E-state index contributed by atoms with van der Waals surface area (Å²) in [7, 11) is 0. The minimum atomic E-state index is 0.0429. The molecule has 1 saturated heterocycles. The van der Waals surface area contributed by atoms with E-state index in [4.69, 9.17) is 0 Å². The number of carbonyl (C=O) groups excluding carboxylic acids is 1. The van der Waals surface area contributed by atoms with E-state index < -0.39 is 0 Å². The van der Waals surface area contributed by atoms with E-state index in [0.717, 1.165) is 38.3 Å². The molecule has 0 aliphatic carbocycles. The molecule has 2 heterocycles. The summed E-state index contributed by atoms with van der Waals surface area (Å²) in [5.74, 6) is 0. The summed E-state index contributed by atoms with van der Waals surface area (Å²) in [6.45, 7) is 7.13. The average molecular weight is 329 g/mol. The third-order valence-electron chi connectivity index (χ3n) is 4.18. The largest absolute Gasteiger partial charge is 0.334 e. The van der Waals surface area contributed by atoms with Crippen molar-refractivity contribution in [3.63, 3.8) is 0 Å². The maximum atomic E-state index is 12.3. The molecule has 23 heavy (non-hydrogen) atoms. The molecule has 2 aromatic rings. The number of nitrogens with zero attached hydrogens (tertiary/aromatic N) is 2. The number of urea groups is 1. The van der Waals surface area contributed by atoms with Crippen LogP contribution in [0.25, 0.3) is 0 Å². The van der Waals surface area contributed by atoms with Crippen LogP contribution < -0.4 is 5.32 Å². The van der Waals surface area contributed by atoms with Crippen LogP contribution in [0.4, 0.5) is 4.79 Å². The Morgan fingerprint density at radius 3 is 2.52 bits per heavy atom. The van der Waals surface area contributed by atoms with Crippen LogP contribution in [0, 0.1) is 6.92 Å². The van der Waals surface area contributed by atoms with E-state index in [0.29, 0.717) is 6.54 Å². The summed E-state index contributed by atoms with van der Waals surface area (Å²) >= 11 is 1.80. The molecule has 0 saturated carbocycles. The minimum absolute atomic E-state index is 0.0429. The van der Waals surface area contributed by atoms with Crippen molar-refractivity contribution in [2.75, 3.05) is 26.2 Å². The molecule has 0 atom stereocenters. The summed E-state index contributed by atoms with van der Waals surface area (Å²) in [6.07, 6.45) is 0. The fourth-order valence-corrected chi connectivity index (χ4v) is 3.47. The third-order valence-corrected chi connectivity index (χ3v) is 5.04. The molecule has 1 N–H and O–H groups in total. The lowest BCUT2D eigenvalue weighted by Gasteiger charge is -2.34. The summed E-state index contributed by atoms with van der Waals surface area (Å²) in [5.41, 5.74) is 2.38. The van der Waals surface area contributed by atoms with Crippen LogP contribution in [0.1, 0.15) is 16.0 Å². The Bertz CT molecular complexity index is 616. The maximum Gasteiger partial charge on any atom is 0.317 e. The minimum Gasteiger partial charge on any atom is -0.334 e. The van der Waals surface area contributed by atoms with Crippen LogP contribution in [0.2, 0.25) is 0 Å². The van der Waals surface area contributed by atoms with Crippen LogP contribution in [0.3, 0.4) is 0 Å². The van der Waals surface area contributed by atoms with Crippen molar-refractivity contribution in [1.82, 2.24) is 15.1 Å². The molecule has 122 valence electrons. The van der Waals surface area contributed by atoms with Crippen molar-refractivity contribution in [3.05, 3.63) is 57.8 Å². The fraction of sp³-hybridized carbons (Fsp3) is 0.389. The molecule has 5 heteroatoms. The number of rotatable bonds is 4. The van der Waals surface area contributed by atoms with Gasteiger partial charge in [-0.2, -0.15) is 0 Å². The van der Waals surface area contributed by atoms with Crippen molar-refractivity contribution in [1.29, 1.82) is 0 Å². The monoisotopic (exact) mass is 329 g/mol. The lowest BCUT2D eigenvalue weighted by atomic mass is 10.1. The van der Waals surface area contributed by atoms with E-state index in [-0.39, 0.29) is 6.03 Å². The number of hydrogen-bond donors (Lipinski definition) is 1. The number of amides is 2. The van der Waals surface area contributed by atoms with E-state index in [1.54, 1.807) is 11.3 Å². The van der Waals surface area contributed by atoms with Gasteiger partial charge in [-0.05, 0) is 23.9 Å². The molecule has 0 bridgehead atoms. The topological polar surface area (TPSA) is 35.6 Å². The summed E-state index contributed by atoms with van der Waals surface area (Å²) < 4.78 is 0. The molecule has 1 aliphatic rings. The Kier molecular flexibility index (Phi) is 5.31.